The van der Waals surface area contributed by atoms with Crippen LogP contribution in [0, 0.1) is 11.6 Å². The molecule has 0 bridgehead atoms. The predicted molar refractivity (Wildman–Crippen MR) is 69.6 cm³/mol. The van der Waals surface area contributed by atoms with Crippen LogP contribution in [0.3, 0.4) is 0 Å². The van der Waals surface area contributed by atoms with Gasteiger partial charge in [0.2, 0.25) is 11.8 Å². The van der Waals surface area contributed by atoms with E-state index in [4.69, 9.17) is 0 Å². The Labute approximate surface area is 115 Å². The zero-order chi connectivity index (χ0) is 14.5. The third-order valence-corrected chi connectivity index (χ3v) is 2.99. The van der Waals surface area contributed by atoms with Crippen molar-refractivity contribution in [1.82, 2.24) is 10.2 Å². The normalized spacial score (nSPS) is 16.1. The molecular weight excluding hydrogens is 266 g/mol. The Morgan fingerprint density at radius 1 is 1.25 bits per heavy atom. The second-order valence-electron chi connectivity index (χ2n) is 4.43. The molecule has 1 saturated heterocycles. The van der Waals surface area contributed by atoms with Crippen LogP contribution in [0.2, 0.25) is 0 Å². The van der Waals surface area contributed by atoms with E-state index in [-0.39, 0.29) is 18.2 Å². The molecule has 1 aliphatic heterocycles. The van der Waals surface area contributed by atoms with Crippen molar-refractivity contribution in [1.29, 1.82) is 0 Å². The lowest BCUT2D eigenvalue weighted by atomic mass is 10.2. The van der Waals surface area contributed by atoms with Crippen molar-refractivity contribution in [2.75, 3.05) is 19.6 Å². The Hall–Kier alpha value is -2.24. The number of amides is 2. The fourth-order valence-electron chi connectivity index (χ4n) is 1.88. The topological polar surface area (TPSA) is 49.4 Å². The molecule has 6 heteroatoms. The summed E-state index contributed by atoms with van der Waals surface area (Å²) in [4.78, 5) is 24.6. The summed E-state index contributed by atoms with van der Waals surface area (Å²) in [5.41, 5.74) is 0.404. The van der Waals surface area contributed by atoms with Crippen molar-refractivity contribution in [3.63, 3.8) is 0 Å². The summed E-state index contributed by atoms with van der Waals surface area (Å²) in [5.74, 6) is -2.22. The minimum atomic E-state index is -0.954. The van der Waals surface area contributed by atoms with E-state index in [1.807, 2.05) is 0 Å². The molecule has 1 aromatic carbocycles. The highest BCUT2D eigenvalue weighted by Gasteiger charge is 2.16. The van der Waals surface area contributed by atoms with Crippen LogP contribution in [0.15, 0.2) is 24.3 Å². The van der Waals surface area contributed by atoms with Gasteiger partial charge in [-0.05, 0) is 23.8 Å². The predicted octanol–water partition coefficient (Wildman–Crippen LogP) is 1.33. The summed E-state index contributed by atoms with van der Waals surface area (Å²) in [7, 11) is 0. The molecule has 0 atom stereocenters. The molecule has 0 spiro atoms. The van der Waals surface area contributed by atoms with Gasteiger partial charge in [0, 0.05) is 32.1 Å². The summed E-state index contributed by atoms with van der Waals surface area (Å²) in [6, 6.07) is 3.41. The van der Waals surface area contributed by atoms with Gasteiger partial charge >= 0.3 is 0 Å². The largest absolute Gasteiger partial charge is 0.354 e. The third-order valence-electron chi connectivity index (χ3n) is 2.99. The van der Waals surface area contributed by atoms with E-state index >= 15 is 0 Å². The van der Waals surface area contributed by atoms with Crippen LogP contribution in [0.4, 0.5) is 8.78 Å². The van der Waals surface area contributed by atoms with Crippen molar-refractivity contribution in [2.24, 2.45) is 0 Å². The average molecular weight is 280 g/mol. The molecule has 0 aliphatic carbocycles. The molecule has 0 radical (unpaired) electrons. The number of nitrogens with zero attached hydrogens (tertiary/aromatic N) is 1. The summed E-state index contributed by atoms with van der Waals surface area (Å²) in [6.45, 7) is 1.21. The van der Waals surface area contributed by atoms with Gasteiger partial charge in [0.25, 0.3) is 0 Å². The fourth-order valence-corrected chi connectivity index (χ4v) is 1.88. The molecule has 0 saturated carbocycles. The number of carbonyl (C=O) groups is 2. The lowest BCUT2D eigenvalue weighted by Gasteiger charge is -2.17. The first-order chi connectivity index (χ1) is 9.56. The summed E-state index contributed by atoms with van der Waals surface area (Å²) < 4.78 is 25.8. The molecule has 1 aromatic rings. The van der Waals surface area contributed by atoms with Gasteiger partial charge < -0.3 is 10.2 Å². The minimum absolute atomic E-state index is 0.0788. The lowest BCUT2D eigenvalue weighted by Crippen LogP contribution is -2.32. The molecule has 1 N–H and O–H groups in total. The lowest BCUT2D eigenvalue weighted by molar-refractivity contribution is -0.125. The molecule has 20 heavy (non-hydrogen) atoms. The van der Waals surface area contributed by atoms with Crippen molar-refractivity contribution >= 4 is 17.9 Å². The van der Waals surface area contributed by atoms with Crippen LogP contribution in [-0.4, -0.2) is 36.3 Å². The molecule has 1 heterocycles. The van der Waals surface area contributed by atoms with Gasteiger partial charge in [-0.1, -0.05) is 6.07 Å². The third kappa shape index (κ3) is 3.63. The van der Waals surface area contributed by atoms with Crippen LogP contribution in [0.25, 0.3) is 6.08 Å². The highest BCUT2D eigenvalue weighted by Crippen LogP contribution is 2.10. The van der Waals surface area contributed by atoms with E-state index in [1.54, 1.807) is 0 Å². The zero-order valence-corrected chi connectivity index (χ0v) is 10.7. The monoisotopic (exact) mass is 280 g/mol. The Morgan fingerprint density at radius 3 is 2.80 bits per heavy atom. The van der Waals surface area contributed by atoms with Gasteiger partial charge in [0.1, 0.15) is 0 Å². The first kappa shape index (κ1) is 14.2. The van der Waals surface area contributed by atoms with Crippen LogP contribution in [0.5, 0.6) is 0 Å². The average Bonchev–Trinajstić information content (AvgIpc) is 2.64. The van der Waals surface area contributed by atoms with E-state index in [9.17, 15) is 18.4 Å². The molecule has 1 fully saturated rings. The van der Waals surface area contributed by atoms with E-state index < -0.39 is 11.6 Å². The van der Waals surface area contributed by atoms with E-state index in [1.165, 1.54) is 23.1 Å². The number of nitrogens with one attached hydrogen (secondary N) is 1. The van der Waals surface area contributed by atoms with Crippen LogP contribution < -0.4 is 5.32 Å². The number of halogens is 2. The Morgan fingerprint density at radius 2 is 2.05 bits per heavy atom. The quantitative estimate of drug-likeness (QED) is 0.831. The molecule has 106 valence electrons. The number of hydrogen-bond acceptors (Lipinski definition) is 2. The molecule has 1 aliphatic rings. The second-order valence-corrected chi connectivity index (χ2v) is 4.43. The van der Waals surface area contributed by atoms with Crippen molar-refractivity contribution in [2.45, 2.75) is 6.42 Å². The number of rotatable bonds is 2. The minimum Gasteiger partial charge on any atom is -0.354 e. The molecule has 2 amide bonds. The van der Waals surface area contributed by atoms with Crippen LogP contribution in [-0.2, 0) is 9.59 Å². The van der Waals surface area contributed by atoms with Gasteiger partial charge in [0.05, 0.1) is 0 Å². The van der Waals surface area contributed by atoms with Crippen LogP contribution in [0.1, 0.15) is 12.0 Å². The van der Waals surface area contributed by atoms with E-state index in [0.717, 1.165) is 12.1 Å². The number of hydrogen-bond donors (Lipinski definition) is 1. The first-order valence-electron chi connectivity index (χ1n) is 6.25. The van der Waals surface area contributed by atoms with E-state index in [0.29, 0.717) is 25.2 Å². The fraction of sp³-hybridized carbons (Fsp3) is 0.286. The molecule has 0 unspecified atom stereocenters. The summed E-state index contributed by atoms with van der Waals surface area (Å²) in [6.07, 6.45) is 2.98. The highest BCUT2D eigenvalue weighted by atomic mass is 19.2. The smallest absolute Gasteiger partial charge is 0.246 e. The summed E-state index contributed by atoms with van der Waals surface area (Å²) >= 11 is 0. The Kier molecular flexibility index (Phi) is 4.45. The molecule has 2 rings (SSSR count). The highest BCUT2D eigenvalue weighted by molar-refractivity contribution is 5.92. The zero-order valence-electron chi connectivity index (χ0n) is 10.7. The standard InChI is InChI=1S/C14H14F2N2O2/c15-11-3-1-10(9-12(11)16)2-4-14(20)18-7-5-13(19)17-6-8-18/h1-4,9H,5-8H2,(H,17,19). The van der Waals surface area contributed by atoms with Crippen molar-refractivity contribution in [3.8, 4) is 0 Å². The number of benzene rings is 1. The maximum absolute atomic E-state index is 13.0. The molecular formula is C14H14F2N2O2. The van der Waals surface area contributed by atoms with Crippen molar-refractivity contribution in [3.05, 3.63) is 41.5 Å². The van der Waals surface area contributed by atoms with Crippen LogP contribution >= 0.6 is 0 Å². The van der Waals surface area contributed by atoms with Gasteiger partial charge in [-0.3, -0.25) is 9.59 Å². The molecule has 4 nitrogen and oxygen atoms in total. The van der Waals surface area contributed by atoms with Gasteiger partial charge in [0.15, 0.2) is 11.6 Å². The molecule has 0 aromatic heterocycles. The SMILES string of the molecule is O=C1CCN(C(=O)C=Cc2ccc(F)c(F)c2)CCN1. The van der Waals surface area contributed by atoms with Gasteiger partial charge in [-0.15, -0.1) is 0 Å². The number of carbonyl (C=O) groups excluding carboxylic acids is 2. The Balaban J connectivity index is 2.01. The van der Waals surface area contributed by atoms with Crippen molar-refractivity contribution < 1.29 is 18.4 Å². The maximum Gasteiger partial charge on any atom is 0.246 e. The first-order valence-corrected chi connectivity index (χ1v) is 6.25. The summed E-state index contributed by atoms with van der Waals surface area (Å²) in [5, 5.41) is 2.67. The Bertz CT molecular complexity index is 558. The second kappa shape index (κ2) is 6.27. The van der Waals surface area contributed by atoms with E-state index in [2.05, 4.69) is 5.32 Å². The van der Waals surface area contributed by atoms with Gasteiger partial charge in [-0.2, -0.15) is 0 Å². The maximum atomic E-state index is 13.0. The van der Waals surface area contributed by atoms with Gasteiger partial charge in [-0.25, -0.2) is 8.78 Å².